The Morgan fingerprint density at radius 2 is 1.77 bits per heavy atom. The number of sulfonamides is 1. The van der Waals surface area contributed by atoms with Crippen LogP contribution in [0.1, 0.15) is 11.4 Å². The van der Waals surface area contributed by atoms with E-state index >= 15 is 0 Å². The maximum Gasteiger partial charge on any atom is 0.236 e. The van der Waals surface area contributed by atoms with E-state index in [9.17, 15) is 8.42 Å². The first kappa shape index (κ1) is 20.8. The second-order valence-corrected chi connectivity index (χ2v) is 8.83. The van der Waals surface area contributed by atoms with E-state index < -0.39 is 10.0 Å². The summed E-state index contributed by atoms with van der Waals surface area (Å²) in [6, 6.07) is 14.9. The molecule has 8 nitrogen and oxygen atoms in total. The van der Waals surface area contributed by atoms with Crippen LogP contribution in [-0.2, 0) is 15.8 Å². The maximum absolute atomic E-state index is 12.4. The summed E-state index contributed by atoms with van der Waals surface area (Å²) in [5.74, 6) is 2.13. The average molecular weight is 456 g/mol. The average Bonchev–Trinajstić information content (AvgIpc) is 3.17. The molecule has 0 aliphatic carbocycles. The number of nitrogens with zero attached hydrogens (tertiary/aromatic N) is 4. The lowest BCUT2D eigenvalue weighted by molar-refractivity contribution is 0.461. The van der Waals surface area contributed by atoms with Gasteiger partial charge in [0.1, 0.15) is 23.7 Å². The van der Waals surface area contributed by atoms with Crippen molar-refractivity contribution in [3.63, 3.8) is 0 Å². The van der Waals surface area contributed by atoms with Gasteiger partial charge in [-0.2, -0.15) is 0 Å². The Hall–Kier alpha value is -3.43. The van der Waals surface area contributed by atoms with Gasteiger partial charge in [0, 0.05) is 29.2 Å². The number of nitrogens with one attached hydrogen (secondary N) is 1. The third-order valence-corrected chi connectivity index (χ3v) is 5.83. The standard InChI is InChI=1S/C21H18ClN5O3S/c1-15-23-10-11-27(15)20-12-21(25-14-24-20)30-19-8-6-18(7-9-19)26-31(28,29)13-16-2-4-17(22)5-3-16/h2-12,14,26H,13H2,1H3. The predicted molar refractivity (Wildman–Crippen MR) is 118 cm³/mol. The number of aromatic nitrogens is 4. The Morgan fingerprint density at radius 3 is 2.45 bits per heavy atom. The largest absolute Gasteiger partial charge is 0.439 e. The lowest BCUT2D eigenvalue weighted by Gasteiger charge is -2.10. The summed E-state index contributed by atoms with van der Waals surface area (Å²) < 4.78 is 35.0. The van der Waals surface area contributed by atoms with E-state index in [-0.39, 0.29) is 5.75 Å². The van der Waals surface area contributed by atoms with Crippen LogP contribution < -0.4 is 9.46 Å². The van der Waals surface area contributed by atoms with Crippen molar-refractivity contribution >= 4 is 27.3 Å². The quantitative estimate of drug-likeness (QED) is 0.444. The van der Waals surface area contributed by atoms with E-state index in [0.29, 0.717) is 33.7 Å². The van der Waals surface area contributed by atoms with Crippen LogP contribution in [0.5, 0.6) is 11.6 Å². The van der Waals surface area contributed by atoms with Gasteiger partial charge < -0.3 is 4.74 Å². The van der Waals surface area contributed by atoms with Gasteiger partial charge in [0.2, 0.25) is 15.9 Å². The molecule has 2 aromatic heterocycles. The lowest BCUT2D eigenvalue weighted by atomic mass is 10.2. The number of hydrogen-bond acceptors (Lipinski definition) is 6. The monoisotopic (exact) mass is 455 g/mol. The number of ether oxygens (including phenoxy) is 1. The molecule has 0 amide bonds. The maximum atomic E-state index is 12.4. The van der Waals surface area contributed by atoms with Gasteiger partial charge in [-0.25, -0.2) is 23.4 Å². The van der Waals surface area contributed by atoms with Gasteiger partial charge in [0.25, 0.3) is 0 Å². The molecule has 0 radical (unpaired) electrons. The molecule has 0 aliphatic heterocycles. The zero-order valence-electron chi connectivity index (χ0n) is 16.4. The zero-order valence-corrected chi connectivity index (χ0v) is 18.0. The van der Waals surface area contributed by atoms with Crippen LogP contribution >= 0.6 is 11.6 Å². The van der Waals surface area contributed by atoms with Gasteiger partial charge in [-0.1, -0.05) is 23.7 Å². The van der Waals surface area contributed by atoms with Crippen LogP contribution in [0.4, 0.5) is 5.69 Å². The number of benzene rings is 2. The normalized spacial score (nSPS) is 11.3. The number of imidazole rings is 1. The van der Waals surface area contributed by atoms with Crippen LogP contribution in [0.15, 0.2) is 73.3 Å². The molecule has 0 saturated carbocycles. The molecule has 2 heterocycles. The molecule has 0 aliphatic rings. The van der Waals surface area contributed by atoms with E-state index in [2.05, 4.69) is 19.7 Å². The topological polar surface area (TPSA) is 99.0 Å². The summed E-state index contributed by atoms with van der Waals surface area (Å²) in [4.78, 5) is 12.5. The minimum atomic E-state index is -3.57. The van der Waals surface area contributed by atoms with Crippen molar-refractivity contribution in [3.05, 3.63) is 89.7 Å². The fourth-order valence-electron chi connectivity index (χ4n) is 2.86. The van der Waals surface area contributed by atoms with Crippen molar-refractivity contribution in [3.8, 4) is 17.4 Å². The lowest BCUT2D eigenvalue weighted by Crippen LogP contribution is -2.14. The van der Waals surface area contributed by atoms with Crippen molar-refractivity contribution in [2.24, 2.45) is 0 Å². The summed E-state index contributed by atoms with van der Waals surface area (Å²) in [5, 5.41) is 0.556. The third kappa shape index (κ3) is 5.39. The number of anilines is 1. The second-order valence-electron chi connectivity index (χ2n) is 6.67. The fraction of sp³-hybridized carbons (Fsp3) is 0.0952. The first-order chi connectivity index (χ1) is 14.9. The van der Waals surface area contributed by atoms with Gasteiger partial charge >= 0.3 is 0 Å². The van der Waals surface area contributed by atoms with Crippen molar-refractivity contribution < 1.29 is 13.2 Å². The summed E-state index contributed by atoms with van der Waals surface area (Å²) in [7, 11) is -3.57. The Balaban J connectivity index is 1.43. The minimum Gasteiger partial charge on any atom is -0.439 e. The number of aryl methyl sites for hydroxylation is 1. The Morgan fingerprint density at radius 1 is 1.03 bits per heavy atom. The first-order valence-corrected chi connectivity index (χ1v) is 11.3. The van der Waals surface area contributed by atoms with Crippen molar-refractivity contribution in [1.29, 1.82) is 0 Å². The van der Waals surface area contributed by atoms with Crippen molar-refractivity contribution in [2.45, 2.75) is 12.7 Å². The third-order valence-electron chi connectivity index (χ3n) is 4.32. The molecule has 0 fully saturated rings. The Labute approximate surface area is 184 Å². The summed E-state index contributed by atoms with van der Waals surface area (Å²) in [6.07, 6.45) is 4.89. The minimum absolute atomic E-state index is 0.153. The molecule has 4 rings (SSSR count). The number of hydrogen-bond donors (Lipinski definition) is 1. The van der Waals surface area contributed by atoms with Crippen LogP contribution in [0, 0.1) is 6.92 Å². The zero-order chi connectivity index (χ0) is 21.8. The van der Waals surface area contributed by atoms with Gasteiger partial charge in [-0.15, -0.1) is 0 Å². The van der Waals surface area contributed by atoms with Gasteiger partial charge in [-0.3, -0.25) is 9.29 Å². The molecular formula is C21H18ClN5O3S. The molecule has 0 bridgehead atoms. The smallest absolute Gasteiger partial charge is 0.236 e. The van der Waals surface area contributed by atoms with Crippen LogP contribution in [-0.4, -0.2) is 27.9 Å². The number of rotatable bonds is 7. The molecule has 0 spiro atoms. The van der Waals surface area contributed by atoms with Crippen LogP contribution in [0.25, 0.3) is 5.82 Å². The van der Waals surface area contributed by atoms with E-state index in [1.165, 1.54) is 6.33 Å². The molecular weight excluding hydrogens is 438 g/mol. The molecule has 4 aromatic rings. The fourth-order valence-corrected chi connectivity index (χ4v) is 4.19. The predicted octanol–water partition coefficient (Wildman–Crippen LogP) is 4.36. The highest BCUT2D eigenvalue weighted by Gasteiger charge is 2.12. The van der Waals surface area contributed by atoms with Gasteiger partial charge in [-0.05, 0) is 48.9 Å². The molecule has 0 atom stereocenters. The van der Waals surface area contributed by atoms with E-state index in [4.69, 9.17) is 16.3 Å². The second kappa shape index (κ2) is 8.75. The highest BCUT2D eigenvalue weighted by molar-refractivity contribution is 7.91. The van der Waals surface area contributed by atoms with Gasteiger partial charge in [0.15, 0.2) is 0 Å². The van der Waals surface area contributed by atoms with E-state index in [1.54, 1.807) is 67.0 Å². The van der Waals surface area contributed by atoms with Crippen LogP contribution in [0.3, 0.4) is 0 Å². The van der Waals surface area contributed by atoms with Crippen molar-refractivity contribution in [1.82, 2.24) is 19.5 Å². The highest BCUT2D eigenvalue weighted by Crippen LogP contribution is 2.23. The summed E-state index contributed by atoms with van der Waals surface area (Å²) >= 11 is 5.84. The molecule has 10 heteroatoms. The number of halogens is 1. The Bertz CT molecular complexity index is 1290. The highest BCUT2D eigenvalue weighted by atomic mass is 35.5. The van der Waals surface area contributed by atoms with Crippen LogP contribution in [0.2, 0.25) is 5.02 Å². The molecule has 1 N–H and O–H groups in total. The Kier molecular flexibility index (Phi) is 5.88. The van der Waals surface area contributed by atoms with E-state index in [0.717, 1.165) is 5.82 Å². The molecule has 0 saturated heterocycles. The van der Waals surface area contributed by atoms with E-state index in [1.807, 2.05) is 11.5 Å². The van der Waals surface area contributed by atoms with Gasteiger partial charge in [0.05, 0.1) is 5.75 Å². The SMILES string of the molecule is Cc1nccn1-c1cc(Oc2ccc(NS(=O)(=O)Cc3ccc(Cl)cc3)cc2)ncn1. The van der Waals surface area contributed by atoms with Crippen molar-refractivity contribution in [2.75, 3.05) is 4.72 Å². The first-order valence-electron chi connectivity index (χ1n) is 9.23. The molecule has 158 valence electrons. The summed E-state index contributed by atoms with van der Waals surface area (Å²) in [6.45, 7) is 1.87. The molecule has 31 heavy (non-hydrogen) atoms. The molecule has 0 unspecified atom stereocenters. The molecule has 2 aromatic carbocycles. The summed E-state index contributed by atoms with van der Waals surface area (Å²) in [5.41, 5.74) is 1.07.